The zero-order valence-corrected chi connectivity index (χ0v) is 11.2. The summed E-state index contributed by atoms with van der Waals surface area (Å²) in [6.45, 7) is 1.60. The highest BCUT2D eigenvalue weighted by Gasteiger charge is 2.31. The Bertz CT molecular complexity index is 387. The van der Waals surface area contributed by atoms with E-state index < -0.39 is 5.67 Å². The number of alkyl halides is 1. The number of benzene rings is 1. The van der Waals surface area contributed by atoms with Gasteiger partial charge >= 0.3 is 0 Å². The molecule has 0 bridgehead atoms. The third-order valence-corrected chi connectivity index (χ3v) is 3.99. The molecule has 1 aliphatic heterocycles. The fourth-order valence-corrected chi connectivity index (χ4v) is 2.77. The highest BCUT2D eigenvalue weighted by atomic mass is 79.9. The largest absolute Gasteiger partial charge is 0.317 e. The first-order valence-electron chi connectivity index (χ1n) is 5.93. The lowest BCUT2D eigenvalue weighted by atomic mass is 9.89. The molecule has 0 saturated carbocycles. The molecule has 17 heavy (non-hydrogen) atoms. The summed E-state index contributed by atoms with van der Waals surface area (Å²) >= 11 is 3.30. The van der Waals surface area contributed by atoms with Crippen LogP contribution in [-0.4, -0.2) is 18.8 Å². The summed E-state index contributed by atoms with van der Waals surface area (Å²) in [5, 5.41) is 3.20. The molecule has 4 heteroatoms. The minimum Gasteiger partial charge on any atom is -0.317 e. The monoisotopic (exact) mass is 303 g/mol. The van der Waals surface area contributed by atoms with Gasteiger partial charge in [-0.15, -0.1) is 0 Å². The molecule has 0 spiro atoms. The topological polar surface area (TPSA) is 12.0 Å². The summed E-state index contributed by atoms with van der Waals surface area (Å²) < 4.78 is 28.3. The summed E-state index contributed by atoms with van der Waals surface area (Å²) in [6, 6.07) is 4.45. The fourth-order valence-electron chi connectivity index (χ4n) is 2.28. The molecule has 0 amide bonds. The first-order chi connectivity index (χ1) is 8.09. The van der Waals surface area contributed by atoms with Gasteiger partial charge in [0.05, 0.1) is 0 Å². The maximum Gasteiger partial charge on any atom is 0.124 e. The average molecular weight is 304 g/mol. The van der Waals surface area contributed by atoms with E-state index in [4.69, 9.17) is 0 Å². The predicted molar refractivity (Wildman–Crippen MR) is 68.4 cm³/mol. The predicted octanol–water partition coefficient (Wildman–Crippen LogP) is 3.61. The molecule has 1 aromatic carbocycles. The molecule has 1 N–H and O–H groups in total. The summed E-state index contributed by atoms with van der Waals surface area (Å²) in [5.74, 6) is -0.295. The van der Waals surface area contributed by atoms with Gasteiger partial charge in [-0.3, -0.25) is 0 Å². The molecule has 0 aliphatic carbocycles. The van der Waals surface area contributed by atoms with Crippen molar-refractivity contribution < 1.29 is 8.78 Å². The van der Waals surface area contributed by atoms with Crippen molar-refractivity contribution in [3.8, 4) is 0 Å². The maximum atomic E-state index is 14.6. The number of rotatable bonds is 2. The van der Waals surface area contributed by atoms with Gasteiger partial charge in [-0.1, -0.05) is 22.0 Å². The summed E-state index contributed by atoms with van der Waals surface area (Å²) in [7, 11) is 0. The van der Waals surface area contributed by atoms with Crippen LogP contribution < -0.4 is 5.32 Å². The van der Waals surface area contributed by atoms with Crippen molar-refractivity contribution in [1.29, 1.82) is 0 Å². The Hall–Kier alpha value is -0.480. The van der Waals surface area contributed by atoms with Crippen LogP contribution in [0.5, 0.6) is 0 Å². The lowest BCUT2D eigenvalue weighted by Gasteiger charge is -2.23. The maximum absolute atomic E-state index is 14.6. The highest BCUT2D eigenvalue weighted by Crippen LogP contribution is 2.31. The fraction of sp³-hybridized carbons (Fsp3) is 0.538. The molecular weight excluding hydrogens is 288 g/mol. The van der Waals surface area contributed by atoms with E-state index in [-0.39, 0.29) is 5.82 Å². The first-order valence-corrected chi connectivity index (χ1v) is 6.72. The van der Waals surface area contributed by atoms with E-state index in [9.17, 15) is 8.78 Å². The third-order valence-electron chi connectivity index (χ3n) is 3.25. The van der Waals surface area contributed by atoms with Gasteiger partial charge in [0.15, 0.2) is 0 Å². The summed E-state index contributed by atoms with van der Waals surface area (Å²) in [6.07, 6.45) is 2.31. The minimum absolute atomic E-state index is 0.295. The van der Waals surface area contributed by atoms with Crippen LogP contribution in [-0.2, 0) is 6.42 Å². The number of hydrogen-bond acceptors (Lipinski definition) is 1. The second kappa shape index (κ2) is 5.44. The van der Waals surface area contributed by atoms with E-state index in [0.717, 1.165) is 25.1 Å². The number of halogens is 3. The van der Waals surface area contributed by atoms with Crippen molar-refractivity contribution in [3.05, 3.63) is 34.1 Å². The molecule has 1 fully saturated rings. The van der Waals surface area contributed by atoms with Crippen LogP contribution in [0.2, 0.25) is 0 Å². The molecule has 1 heterocycles. The standard InChI is InChI=1S/C13H16BrF2N/c14-12-8-11(15)3-2-10(12)9-13(16)4-1-6-17-7-5-13/h2-3,8,17H,1,4-7,9H2. The van der Waals surface area contributed by atoms with Gasteiger partial charge in [-0.2, -0.15) is 0 Å². The molecule has 1 unspecified atom stereocenters. The Morgan fingerprint density at radius 3 is 2.88 bits per heavy atom. The molecule has 1 nitrogen and oxygen atoms in total. The van der Waals surface area contributed by atoms with Gasteiger partial charge < -0.3 is 5.32 Å². The second-order valence-corrected chi connectivity index (χ2v) is 5.52. The van der Waals surface area contributed by atoms with Gasteiger partial charge in [-0.05, 0) is 50.0 Å². The van der Waals surface area contributed by atoms with Crippen molar-refractivity contribution in [3.63, 3.8) is 0 Å². The van der Waals surface area contributed by atoms with Crippen LogP contribution in [0.4, 0.5) is 8.78 Å². The van der Waals surface area contributed by atoms with Crippen LogP contribution in [0.25, 0.3) is 0 Å². The Morgan fingerprint density at radius 2 is 2.12 bits per heavy atom. The quantitative estimate of drug-likeness (QED) is 0.880. The lowest BCUT2D eigenvalue weighted by molar-refractivity contribution is 0.144. The van der Waals surface area contributed by atoms with Gasteiger partial charge in [0.25, 0.3) is 0 Å². The average Bonchev–Trinajstić information content (AvgIpc) is 2.48. The van der Waals surface area contributed by atoms with Crippen LogP contribution in [0.15, 0.2) is 22.7 Å². The van der Waals surface area contributed by atoms with Crippen molar-refractivity contribution in [2.24, 2.45) is 0 Å². The zero-order chi connectivity index (χ0) is 12.3. The van der Waals surface area contributed by atoms with E-state index in [1.54, 1.807) is 6.07 Å². The molecule has 1 saturated heterocycles. The Kier molecular flexibility index (Phi) is 4.15. The smallest absolute Gasteiger partial charge is 0.124 e. The normalized spacial score (nSPS) is 25.6. The van der Waals surface area contributed by atoms with Crippen molar-refractivity contribution in [2.45, 2.75) is 31.4 Å². The van der Waals surface area contributed by atoms with E-state index in [1.165, 1.54) is 12.1 Å². The first kappa shape index (κ1) is 13.0. The number of hydrogen-bond donors (Lipinski definition) is 1. The summed E-state index contributed by atoms with van der Waals surface area (Å²) in [5.41, 5.74) is -0.320. The second-order valence-electron chi connectivity index (χ2n) is 4.67. The molecule has 94 valence electrons. The minimum atomic E-state index is -1.16. The zero-order valence-electron chi connectivity index (χ0n) is 9.61. The Labute approximate surface area is 109 Å². The van der Waals surface area contributed by atoms with Gasteiger partial charge in [-0.25, -0.2) is 8.78 Å². The van der Waals surface area contributed by atoms with Crippen molar-refractivity contribution >= 4 is 15.9 Å². The number of nitrogens with one attached hydrogen (secondary N) is 1. The van der Waals surface area contributed by atoms with Gasteiger partial charge in [0.1, 0.15) is 11.5 Å². The molecule has 1 atom stereocenters. The van der Waals surface area contributed by atoms with Crippen LogP contribution >= 0.6 is 15.9 Å². The van der Waals surface area contributed by atoms with E-state index in [0.29, 0.717) is 23.7 Å². The van der Waals surface area contributed by atoms with E-state index in [2.05, 4.69) is 21.2 Å². The molecule has 1 aromatic rings. The molecule has 1 aliphatic rings. The van der Waals surface area contributed by atoms with Crippen molar-refractivity contribution in [2.75, 3.05) is 13.1 Å². The summed E-state index contributed by atoms with van der Waals surface area (Å²) in [4.78, 5) is 0. The molecule has 0 aromatic heterocycles. The van der Waals surface area contributed by atoms with Crippen LogP contribution in [0.3, 0.4) is 0 Å². The molecule has 0 radical (unpaired) electrons. The SMILES string of the molecule is Fc1ccc(CC2(F)CCCNCC2)c(Br)c1. The lowest BCUT2D eigenvalue weighted by Crippen LogP contribution is -2.27. The third kappa shape index (κ3) is 3.49. The highest BCUT2D eigenvalue weighted by molar-refractivity contribution is 9.10. The molecular formula is C13H16BrF2N. The van der Waals surface area contributed by atoms with E-state index in [1.807, 2.05) is 0 Å². The van der Waals surface area contributed by atoms with E-state index >= 15 is 0 Å². The van der Waals surface area contributed by atoms with Crippen molar-refractivity contribution in [1.82, 2.24) is 5.32 Å². The van der Waals surface area contributed by atoms with Gasteiger partial charge in [0, 0.05) is 10.9 Å². The Morgan fingerprint density at radius 1 is 1.29 bits per heavy atom. The Balaban J connectivity index is 2.12. The molecule has 2 rings (SSSR count). The van der Waals surface area contributed by atoms with Gasteiger partial charge in [0.2, 0.25) is 0 Å². The van der Waals surface area contributed by atoms with Crippen LogP contribution in [0, 0.1) is 5.82 Å². The van der Waals surface area contributed by atoms with Crippen LogP contribution in [0.1, 0.15) is 24.8 Å².